The lowest BCUT2D eigenvalue weighted by Gasteiger charge is -2.07. The summed E-state index contributed by atoms with van der Waals surface area (Å²) in [5.74, 6) is -2.40. The van der Waals surface area contributed by atoms with E-state index in [4.69, 9.17) is 5.11 Å². The molecule has 3 nitrogen and oxygen atoms in total. The zero-order valence-corrected chi connectivity index (χ0v) is 8.76. The van der Waals surface area contributed by atoms with E-state index in [0.717, 1.165) is 6.20 Å². The van der Waals surface area contributed by atoms with Crippen LogP contribution >= 0.6 is 15.9 Å². The number of hydrogen-bond acceptors (Lipinski definition) is 2. The Hall–Kier alpha value is -1.11. The van der Waals surface area contributed by atoms with Gasteiger partial charge in [-0.15, -0.1) is 0 Å². The highest BCUT2D eigenvalue weighted by atomic mass is 79.9. The van der Waals surface area contributed by atoms with E-state index in [-0.39, 0.29) is 4.47 Å². The second-order valence-corrected chi connectivity index (χ2v) is 3.51. The molecule has 0 bridgehead atoms. The van der Waals surface area contributed by atoms with Gasteiger partial charge < -0.3 is 5.11 Å². The number of rotatable bonds is 3. The first-order valence-electron chi connectivity index (χ1n) is 3.76. The molecule has 82 valence electrons. The molecule has 0 aliphatic rings. The molecule has 0 saturated carbocycles. The van der Waals surface area contributed by atoms with Crippen LogP contribution in [0.1, 0.15) is 17.7 Å². The third kappa shape index (κ3) is 2.68. The lowest BCUT2D eigenvalue weighted by Crippen LogP contribution is -2.09. The van der Waals surface area contributed by atoms with Gasteiger partial charge in [-0.25, -0.2) is 13.2 Å². The van der Waals surface area contributed by atoms with Crippen molar-refractivity contribution >= 4 is 21.9 Å². The molecule has 0 radical (unpaired) electrons. The Labute approximate surface area is 91.1 Å². The van der Waals surface area contributed by atoms with Gasteiger partial charge in [-0.2, -0.15) is 0 Å². The minimum Gasteiger partial charge on any atom is -0.481 e. The van der Waals surface area contributed by atoms with Gasteiger partial charge in [0, 0.05) is 11.8 Å². The van der Waals surface area contributed by atoms with Gasteiger partial charge in [0.15, 0.2) is 0 Å². The monoisotopic (exact) mass is 283 g/mol. The molecule has 0 aliphatic carbocycles. The lowest BCUT2D eigenvalue weighted by atomic mass is 10.1. The summed E-state index contributed by atoms with van der Waals surface area (Å²) >= 11 is 2.74. The van der Waals surface area contributed by atoms with Crippen molar-refractivity contribution in [2.24, 2.45) is 0 Å². The molecule has 0 atom stereocenters. The highest BCUT2D eigenvalue weighted by Crippen LogP contribution is 2.27. The molecule has 1 aromatic heterocycles. The quantitative estimate of drug-likeness (QED) is 0.928. The van der Waals surface area contributed by atoms with E-state index >= 15 is 0 Å². The standard InChI is InChI=1S/C8H5BrF3NO2/c9-4-2-13-7(8(11)12)3(6(4)10)1-5(14)15/h2,8H,1H2,(H,14,15). The molecule has 0 aliphatic heterocycles. The molecule has 1 heterocycles. The average molecular weight is 284 g/mol. The zero-order chi connectivity index (χ0) is 11.6. The van der Waals surface area contributed by atoms with Gasteiger partial charge in [-0.3, -0.25) is 9.78 Å². The Morgan fingerprint density at radius 2 is 2.20 bits per heavy atom. The third-order valence-corrected chi connectivity index (χ3v) is 2.19. The summed E-state index contributed by atoms with van der Waals surface area (Å²) < 4.78 is 37.9. The summed E-state index contributed by atoms with van der Waals surface area (Å²) in [6.45, 7) is 0. The van der Waals surface area contributed by atoms with E-state index in [2.05, 4.69) is 20.9 Å². The molecule has 0 aromatic carbocycles. The maximum atomic E-state index is 13.3. The van der Waals surface area contributed by atoms with E-state index in [0.29, 0.717) is 0 Å². The van der Waals surface area contributed by atoms with Crippen molar-refractivity contribution in [1.29, 1.82) is 0 Å². The molecule has 0 amide bonds. The molecule has 0 unspecified atom stereocenters. The van der Waals surface area contributed by atoms with Crippen molar-refractivity contribution in [3.05, 3.63) is 27.7 Å². The van der Waals surface area contributed by atoms with E-state index in [1.54, 1.807) is 0 Å². The first kappa shape index (κ1) is 12.0. The van der Waals surface area contributed by atoms with E-state index in [1.165, 1.54) is 0 Å². The minimum atomic E-state index is -3.00. The maximum absolute atomic E-state index is 13.3. The number of alkyl halides is 2. The van der Waals surface area contributed by atoms with Crippen LogP contribution < -0.4 is 0 Å². The molecule has 0 fully saturated rings. The Kier molecular flexibility index (Phi) is 3.67. The summed E-state index contributed by atoms with van der Waals surface area (Å²) in [6, 6.07) is 0. The van der Waals surface area contributed by atoms with Crippen molar-refractivity contribution < 1.29 is 23.1 Å². The van der Waals surface area contributed by atoms with E-state index in [1.807, 2.05) is 0 Å². The molecule has 1 aromatic rings. The number of aromatic nitrogens is 1. The largest absolute Gasteiger partial charge is 0.481 e. The first-order valence-corrected chi connectivity index (χ1v) is 4.55. The van der Waals surface area contributed by atoms with Crippen LogP contribution in [0.3, 0.4) is 0 Å². The number of pyridine rings is 1. The van der Waals surface area contributed by atoms with E-state index in [9.17, 15) is 18.0 Å². The predicted octanol–water partition coefficient (Wildman–Crippen LogP) is 2.55. The van der Waals surface area contributed by atoms with Crippen LogP contribution in [0.15, 0.2) is 10.7 Å². The predicted molar refractivity (Wildman–Crippen MR) is 48.2 cm³/mol. The summed E-state index contributed by atoms with van der Waals surface area (Å²) in [5.41, 5.74) is -1.43. The van der Waals surface area contributed by atoms with E-state index < -0.39 is 35.9 Å². The number of carboxylic acids is 1. The van der Waals surface area contributed by atoms with Gasteiger partial charge in [-0.05, 0) is 15.9 Å². The third-order valence-electron chi connectivity index (χ3n) is 1.64. The van der Waals surface area contributed by atoms with Crippen LogP contribution in [0, 0.1) is 5.82 Å². The topological polar surface area (TPSA) is 50.2 Å². The van der Waals surface area contributed by atoms with Crippen molar-refractivity contribution in [3.63, 3.8) is 0 Å². The Morgan fingerprint density at radius 1 is 1.60 bits per heavy atom. The number of carbonyl (C=O) groups is 1. The van der Waals surface area contributed by atoms with Crippen LogP contribution in [-0.4, -0.2) is 16.1 Å². The fourth-order valence-electron chi connectivity index (χ4n) is 1.02. The van der Waals surface area contributed by atoms with Crippen molar-refractivity contribution in [1.82, 2.24) is 4.98 Å². The molecular formula is C8H5BrF3NO2. The molecule has 1 rings (SSSR count). The molecule has 0 saturated heterocycles. The average Bonchev–Trinajstić information content (AvgIpc) is 2.12. The number of aliphatic carboxylic acids is 1. The summed E-state index contributed by atoms with van der Waals surface area (Å²) in [5, 5.41) is 8.43. The number of carboxylic acid groups (broad SMARTS) is 1. The van der Waals surface area contributed by atoms with Gasteiger partial charge >= 0.3 is 5.97 Å². The van der Waals surface area contributed by atoms with Gasteiger partial charge in [0.1, 0.15) is 11.5 Å². The molecule has 0 spiro atoms. The molecule has 1 N–H and O–H groups in total. The fourth-order valence-corrected chi connectivity index (χ4v) is 1.37. The first-order chi connectivity index (χ1) is 6.93. The normalized spacial score (nSPS) is 10.7. The Bertz CT molecular complexity index is 398. The van der Waals surface area contributed by atoms with Crippen LogP contribution in [-0.2, 0) is 11.2 Å². The molecular weight excluding hydrogens is 279 g/mol. The second-order valence-electron chi connectivity index (χ2n) is 2.66. The fraction of sp³-hybridized carbons (Fsp3) is 0.250. The van der Waals surface area contributed by atoms with Gasteiger partial charge in [0.25, 0.3) is 6.43 Å². The highest BCUT2D eigenvalue weighted by molar-refractivity contribution is 9.10. The number of nitrogens with zero attached hydrogens (tertiary/aromatic N) is 1. The maximum Gasteiger partial charge on any atom is 0.308 e. The van der Waals surface area contributed by atoms with Gasteiger partial charge in [0.2, 0.25) is 0 Å². The minimum absolute atomic E-state index is 0.136. The van der Waals surface area contributed by atoms with Crippen molar-refractivity contribution in [2.45, 2.75) is 12.8 Å². The highest BCUT2D eigenvalue weighted by Gasteiger charge is 2.22. The zero-order valence-electron chi connectivity index (χ0n) is 7.18. The Balaban J connectivity index is 3.28. The van der Waals surface area contributed by atoms with Gasteiger partial charge in [-0.1, -0.05) is 0 Å². The summed E-state index contributed by atoms with van der Waals surface area (Å²) in [4.78, 5) is 13.6. The summed E-state index contributed by atoms with van der Waals surface area (Å²) in [7, 11) is 0. The van der Waals surface area contributed by atoms with Crippen molar-refractivity contribution in [2.75, 3.05) is 0 Å². The van der Waals surface area contributed by atoms with Gasteiger partial charge in [0.05, 0.1) is 10.9 Å². The number of halogens is 4. The van der Waals surface area contributed by atoms with Crippen LogP contribution in [0.2, 0.25) is 0 Å². The lowest BCUT2D eigenvalue weighted by molar-refractivity contribution is -0.136. The molecule has 15 heavy (non-hydrogen) atoms. The van der Waals surface area contributed by atoms with Crippen molar-refractivity contribution in [3.8, 4) is 0 Å². The van der Waals surface area contributed by atoms with Crippen LogP contribution in [0.5, 0.6) is 0 Å². The van der Waals surface area contributed by atoms with Crippen LogP contribution in [0.4, 0.5) is 13.2 Å². The summed E-state index contributed by atoms with van der Waals surface area (Å²) in [6.07, 6.45) is -2.94. The smallest absolute Gasteiger partial charge is 0.308 e. The number of hydrogen-bond donors (Lipinski definition) is 1. The van der Waals surface area contributed by atoms with Crippen LogP contribution in [0.25, 0.3) is 0 Å². The SMILES string of the molecule is O=C(O)Cc1c(C(F)F)ncc(Br)c1F. The Morgan fingerprint density at radius 3 is 2.67 bits per heavy atom. The molecule has 7 heteroatoms. The second kappa shape index (κ2) is 4.61.